The summed E-state index contributed by atoms with van der Waals surface area (Å²) in [6.45, 7) is 0. The van der Waals surface area contributed by atoms with Crippen LogP contribution in [0.4, 0.5) is 14.5 Å². The molecule has 0 aliphatic heterocycles. The van der Waals surface area contributed by atoms with E-state index in [0.717, 1.165) is 6.07 Å². The molecule has 4 nitrogen and oxygen atoms in total. The molecule has 0 unspecified atom stereocenters. The summed E-state index contributed by atoms with van der Waals surface area (Å²) in [7, 11) is 0. The molecule has 1 N–H and O–H groups in total. The molecule has 0 aliphatic rings. The lowest BCUT2D eigenvalue weighted by molar-refractivity contribution is -0.383. The summed E-state index contributed by atoms with van der Waals surface area (Å²) in [6, 6.07) is 3.78. The van der Waals surface area contributed by atoms with Crippen molar-refractivity contribution in [2.75, 3.05) is 0 Å². The average molecular weight is 212 g/mol. The highest BCUT2D eigenvalue weighted by Crippen LogP contribution is 2.29. The summed E-state index contributed by atoms with van der Waals surface area (Å²) >= 11 is 0. The van der Waals surface area contributed by atoms with Crippen LogP contribution in [0.25, 0.3) is 10.9 Å². The molecule has 0 aliphatic carbocycles. The maximum Gasteiger partial charge on any atom is 0.294 e. The Labute approximate surface area is 82.7 Å². The first-order valence-corrected chi connectivity index (χ1v) is 4.13. The molecular formula is C9H6F2N2O2. The highest BCUT2D eigenvalue weighted by molar-refractivity contribution is 5.89. The number of fused-ring (bicyclic) bond motifs is 1. The maximum atomic E-state index is 12.4. The number of hydrogen-bond donors (Lipinski definition) is 1. The summed E-state index contributed by atoms with van der Waals surface area (Å²) in [5, 5.41) is 10.8. The van der Waals surface area contributed by atoms with Crippen LogP contribution in [0.5, 0.6) is 0 Å². The van der Waals surface area contributed by atoms with E-state index in [2.05, 4.69) is 4.98 Å². The molecule has 0 amide bonds. The molecule has 78 valence electrons. The van der Waals surface area contributed by atoms with E-state index in [-0.39, 0.29) is 16.6 Å². The van der Waals surface area contributed by atoms with E-state index in [4.69, 9.17) is 0 Å². The van der Waals surface area contributed by atoms with Gasteiger partial charge in [-0.15, -0.1) is 0 Å². The maximum absolute atomic E-state index is 12.4. The third kappa shape index (κ3) is 1.54. The molecular weight excluding hydrogens is 206 g/mol. The molecule has 0 radical (unpaired) electrons. The van der Waals surface area contributed by atoms with Crippen molar-refractivity contribution < 1.29 is 13.7 Å². The minimum atomic E-state index is -2.62. The van der Waals surface area contributed by atoms with Crippen LogP contribution >= 0.6 is 0 Å². The molecule has 2 rings (SSSR count). The van der Waals surface area contributed by atoms with Crippen LogP contribution in [0.3, 0.4) is 0 Å². The molecule has 2 aromatic rings. The molecule has 0 bridgehead atoms. The molecule has 0 atom stereocenters. The van der Waals surface area contributed by atoms with E-state index < -0.39 is 11.3 Å². The molecule has 0 saturated heterocycles. The van der Waals surface area contributed by atoms with Gasteiger partial charge in [-0.25, -0.2) is 8.78 Å². The quantitative estimate of drug-likeness (QED) is 0.614. The van der Waals surface area contributed by atoms with Crippen LogP contribution in [-0.4, -0.2) is 9.91 Å². The monoisotopic (exact) mass is 212 g/mol. The lowest BCUT2D eigenvalue weighted by Crippen LogP contribution is -1.87. The number of aromatic amines is 1. The number of alkyl halides is 2. The largest absolute Gasteiger partial charge is 0.355 e. The average Bonchev–Trinajstić information content (AvgIpc) is 2.59. The summed E-state index contributed by atoms with van der Waals surface area (Å²) in [5.41, 5.74) is 0.0730. The first-order valence-electron chi connectivity index (χ1n) is 4.13. The van der Waals surface area contributed by atoms with Gasteiger partial charge in [0.2, 0.25) is 0 Å². The minimum absolute atomic E-state index is 0.187. The van der Waals surface area contributed by atoms with Crippen molar-refractivity contribution in [3.8, 4) is 0 Å². The van der Waals surface area contributed by atoms with Crippen molar-refractivity contribution in [3.63, 3.8) is 0 Å². The number of hydrogen-bond acceptors (Lipinski definition) is 2. The van der Waals surface area contributed by atoms with Crippen molar-refractivity contribution in [3.05, 3.63) is 40.1 Å². The zero-order chi connectivity index (χ0) is 11.0. The number of H-pyrrole nitrogens is 1. The first-order chi connectivity index (χ1) is 7.09. The van der Waals surface area contributed by atoms with Crippen LogP contribution in [0.2, 0.25) is 0 Å². The molecule has 0 fully saturated rings. The molecule has 1 aromatic heterocycles. The van der Waals surface area contributed by atoms with Crippen LogP contribution in [0, 0.1) is 10.1 Å². The molecule has 1 heterocycles. The second-order valence-corrected chi connectivity index (χ2v) is 3.04. The Balaban J connectivity index is 2.66. The fourth-order valence-corrected chi connectivity index (χ4v) is 1.41. The van der Waals surface area contributed by atoms with Crippen LogP contribution in [0.15, 0.2) is 24.4 Å². The Hall–Kier alpha value is -1.98. The number of nitrogens with one attached hydrogen (secondary N) is 1. The van der Waals surface area contributed by atoms with Gasteiger partial charge in [-0.05, 0) is 12.1 Å². The second kappa shape index (κ2) is 3.30. The summed E-state index contributed by atoms with van der Waals surface area (Å²) < 4.78 is 24.7. The summed E-state index contributed by atoms with van der Waals surface area (Å²) in [6.07, 6.45) is -1.43. The topological polar surface area (TPSA) is 58.9 Å². The zero-order valence-corrected chi connectivity index (χ0v) is 7.41. The van der Waals surface area contributed by atoms with Crippen molar-refractivity contribution in [2.45, 2.75) is 6.43 Å². The molecule has 0 saturated carbocycles. The van der Waals surface area contributed by atoms with Crippen molar-refractivity contribution in [1.82, 2.24) is 4.98 Å². The van der Waals surface area contributed by atoms with Gasteiger partial charge in [-0.3, -0.25) is 10.1 Å². The predicted molar refractivity (Wildman–Crippen MR) is 49.9 cm³/mol. The number of halogens is 2. The Morgan fingerprint density at radius 3 is 2.73 bits per heavy atom. The Bertz CT molecular complexity index is 522. The molecule has 1 aromatic carbocycles. The van der Waals surface area contributed by atoms with Crippen molar-refractivity contribution >= 4 is 16.6 Å². The van der Waals surface area contributed by atoms with Crippen LogP contribution in [0.1, 0.15) is 12.0 Å². The zero-order valence-electron chi connectivity index (χ0n) is 7.41. The van der Waals surface area contributed by atoms with Crippen LogP contribution in [-0.2, 0) is 0 Å². The Kier molecular flexibility index (Phi) is 2.11. The van der Waals surface area contributed by atoms with E-state index in [0.29, 0.717) is 5.52 Å². The van der Waals surface area contributed by atoms with Gasteiger partial charge in [-0.2, -0.15) is 0 Å². The third-order valence-corrected chi connectivity index (χ3v) is 2.13. The van der Waals surface area contributed by atoms with E-state index in [1.807, 2.05) is 0 Å². The molecule has 6 heteroatoms. The van der Waals surface area contributed by atoms with Gasteiger partial charge in [0.15, 0.2) is 0 Å². The second-order valence-electron chi connectivity index (χ2n) is 3.04. The SMILES string of the molecule is O=[N+]([O-])c1c[nH]c2ccc(C(F)F)cc12. The van der Waals surface area contributed by atoms with E-state index in [9.17, 15) is 18.9 Å². The molecule has 0 spiro atoms. The van der Waals surface area contributed by atoms with E-state index in [1.54, 1.807) is 0 Å². The summed E-state index contributed by atoms with van der Waals surface area (Å²) in [5.74, 6) is 0. The summed E-state index contributed by atoms with van der Waals surface area (Å²) in [4.78, 5) is 12.6. The van der Waals surface area contributed by atoms with Gasteiger partial charge >= 0.3 is 0 Å². The smallest absolute Gasteiger partial charge is 0.294 e. The molecule has 15 heavy (non-hydrogen) atoms. The van der Waals surface area contributed by atoms with Crippen LogP contribution < -0.4 is 0 Å². The Morgan fingerprint density at radius 2 is 2.13 bits per heavy atom. The predicted octanol–water partition coefficient (Wildman–Crippen LogP) is 3.01. The fourth-order valence-electron chi connectivity index (χ4n) is 1.41. The highest BCUT2D eigenvalue weighted by Gasteiger charge is 2.16. The van der Waals surface area contributed by atoms with Gasteiger partial charge < -0.3 is 4.98 Å². The standard InChI is InChI=1S/C9H6F2N2O2/c10-9(11)5-1-2-7-6(3-5)8(4-12-7)13(14)15/h1-4,9,12H. The lowest BCUT2D eigenvalue weighted by Gasteiger charge is -1.98. The van der Waals surface area contributed by atoms with Crippen molar-refractivity contribution in [1.29, 1.82) is 0 Å². The number of nitrogens with zero attached hydrogens (tertiary/aromatic N) is 1. The highest BCUT2D eigenvalue weighted by atomic mass is 19.3. The van der Waals surface area contributed by atoms with E-state index >= 15 is 0 Å². The third-order valence-electron chi connectivity index (χ3n) is 2.13. The first kappa shape index (κ1) is 9.57. The normalized spacial score (nSPS) is 11.1. The van der Waals surface area contributed by atoms with Gasteiger partial charge in [-0.1, -0.05) is 6.07 Å². The lowest BCUT2D eigenvalue weighted by atomic mass is 10.1. The number of rotatable bonds is 2. The Morgan fingerprint density at radius 1 is 1.40 bits per heavy atom. The minimum Gasteiger partial charge on any atom is -0.355 e. The number of benzene rings is 1. The van der Waals surface area contributed by atoms with Crippen molar-refractivity contribution in [2.24, 2.45) is 0 Å². The van der Waals surface area contributed by atoms with Gasteiger partial charge in [0.25, 0.3) is 12.1 Å². The number of nitro groups is 1. The van der Waals surface area contributed by atoms with E-state index in [1.165, 1.54) is 18.3 Å². The van der Waals surface area contributed by atoms with Gasteiger partial charge in [0, 0.05) is 5.56 Å². The fraction of sp³-hybridized carbons (Fsp3) is 0.111. The van der Waals surface area contributed by atoms with Gasteiger partial charge in [0.05, 0.1) is 22.0 Å². The number of aromatic nitrogens is 1. The van der Waals surface area contributed by atoms with Gasteiger partial charge in [0.1, 0.15) is 0 Å².